The van der Waals surface area contributed by atoms with E-state index in [1.54, 1.807) is 6.92 Å². The third-order valence-electron chi connectivity index (χ3n) is 4.80. The number of carbonyl (C=O) groups is 1. The molecule has 1 aliphatic heterocycles. The molecule has 0 radical (unpaired) electrons. The van der Waals surface area contributed by atoms with E-state index < -0.39 is 5.92 Å². The molecule has 2 unspecified atom stereocenters. The first-order valence-corrected chi connectivity index (χ1v) is 11.2. The lowest BCUT2D eigenvalue weighted by molar-refractivity contribution is -0.119. The van der Waals surface area contributed by atoms with Crippen LogP contribution in [0.2, 0.25) is 0 Å². The van der Waals surface area contributed by atoms with Gasteiger partial charge in [0.05, 0.1) is 30.9 Å². The van der Waals surface area contributed by atoms with Gasteiger partial charge in [0.15, 0.2) is 16.6 Å². The molecule has 0 spiro atoms. The molecule has 0 saturated carbocycles. The molecule has 0 aliphatic carbocycles. The van der Waals surface area contributed by atoms with E-state index in [-0.39, 0.29) is 11.8 Å². The Hall–Kier alpha value is -2.25. The Morgan fingerprint density at radius 3 is 2.50 bits per heavy atom. The van der Waals surface area contributed by atoms with Gasteiger partial charge < -0.3 is 14.8 Å². The average molecular weight is 489 g/mol. The van der Waals surface area contributed by atoms with Crippen molar-refractivity contribution in [1.82, 2.24) is 5.32 Å². The van der Waals surface area contributed by atoms with Crippen LogP contribution in [0.25, 0.3) is 0 Å². The second-order valence-electron chi connectivity index (χ2n) is 6.98. The second-order valence-corrected chi connectivity index (χ2v) is 8.22. The highest BCUT2D eigenvalue weighted by Gasteiger charge is 2.37. The number of thiocarbonyl (C=S) groups is 1. The molecule has 2 atom stereocenters. The smallest absolute Gasteiger partial charge is 0.193 e. The number of Topliss-reactive ketones (excluding diaryl/α,β-unsaturated/α-hetero) is 1. The summed E-state index contributed by atoms with van der Waals surface area (Å²) in [6.07, 6.45) is 0.896. The van der Waals surface area contributed by atoms with Crippen LogP contribution in [0.4, 0.5) is 0 Å². The highest BCUT2D eigenvalue weighted by molar-refractivity contribution is 9.10. The molecule has 0 aromatic heterocycles. The first kappa shape index (κ1) is 22.4. The van der Waals surface area contributed by atoms with Crippen molar-refractivity contribution >= 4 is 44.8 Å². The van der Waals surface area contributed by atoms with Crippen LogP contribution in [0.3, 0.4) is 0 Å². The van der Waals surface area contributed by atoms with Gasteiger partial charge in [0.1, 0.15) is 5.78 Å². The van der Waals surface area contributed by atoms with Crippen molar-refractivity contribution in [3.05, 3.63) is 58.1 Å². The summed E-state index contributed by atoms with van der Waals surface area (Å²) in [5, 5.41) is 3.59. The maximum atomic E-state index is 12.8. The first-order chi connectivity index (χ1) is 14.5. The molecule has 3 rings (SSSR count). The van der Waals surface area contributed by atoms with Gasteiger partial charge in [-0.3, -0.25) is 4.79 Å². The fourth-order valence-electron chi connectivity index (χ4n) is 3.51. The number of hydrogen-bond donors (Lipinski definition) is 1. The van der Waals surface area contributed by atoms with Gasteiger partial charge >= 0.3 is 0 Å². The average Bonchev–Trinajstić information content (AvgIpc) is 2.73. The lowest BCUT2D eigenvalue weighted by Gasteiger charge is -2.33. The van der Waals surface area contributed by atoms with Crippen molar-refractivity contribution in [3.8, 4) is 11.5 Å². The van der Waals surface area contributed by atoms with Gasteiger partial charge in [-0.05, 0) is 55.7 Å². The summed E-state index contributed by atoms with van der Waals surface area (Å²) in [4.78, 5) is 17.3. The van der Waals surface area contributed by atoms with E-state index in [9.17, 15) is 4.79 Å². The Balaban J connectivity index is 2.09. The number of ketones is 1. The number of nitrogens with one attached hydrogen (secondary N) is 1. The molecule has 0 saturated heterocycles. The number of hydrogen-bond acceptors (Lipinski definition) is 4. The Morgan fingerprint density at radius 2 is 1.87 bits per heavy atom. The molecular weight excluding hydrogens is 464 g/mol. The Morgan fingerprint density at radius 1 is 1.17 bits per heavy atom. The SMILES string of the molecule is CCCOc1cc(Br)c(C2NC(=S)N=C(c3ccccc3)C2C(C)=O)cc1OCC. The molecule has 1 N–H and O–H groups in total. The lowest BCUT2D eigenvalue weighted by Crippen LogP contribution is -2.44. The van der Waals surface area contributed by atoms with E-state index in [2.05, 4.69) is 33.2 Å². The van der Waals surface area contributed by atoms with Gasteiger partial charge in [-0.25, -0.2) is 4.99 Å². The molecule has 0 amide bonds. The van der Waals surface area contributed by atoms with Gasteiger partial charge in [0, 0.05) is 4.47 Å². The molecule has 0 bridgehead atoms. The molecule has 1 heterocycles. The maximum absolute atomic E-state index is 12.8. The Kier molecular flexibility index (Phi) is 7.61. The summed E-state index contributed by atoms with van der Waals surface area (Å²) in [5.41, 5.74) is 2.43. The van der Waals surface area contributed by atoms with Gasteiger partial charge in [-0.1, -0.05) is 53.2 Å². The van der Waals surface area contributed by atoms with Crippen molar-refractivity contribution in [1.29, 1.82) is 0 Å². The fourth-order valence-corrected chi connectivity index (χ4v) is 4.30. The van der Waals surface area contributed by atoms with Gasteiger partial charge in [-0.2, -0.15) is 0 Å². The molecule has 158 valence electrons. The van der Waals surface area contributed by atoms with Gasteiger partial charge in [0.2, 0.25) is 0 Å². The third kappa shape index (κ3) is 4.90. The molecule has 0 fully saturated rings. The van der Waals surface area contributed by atoms with E-state index in [1.807, 2.05) is 49.4 Å². The van der Waals surface area contributed by atoms with E-state index in [1.165, 1.54) is 0 Å². The van der Waals surface area contributed by atoms with Crippen LogP contribution in [0, 0.1) is 5.92 Å². The first-order valence-electron chi connectivity index (χ1n) is 10.00. The third-order valence-corrected chi connectivity index (χ3v) is 5.69. The second kappa shape index (κ2) is 10.2. The number of ether oxygens (including phenoxy) is 2. The van der Waals surface area contributed by atoms with Crippen molar-refractivity contribution in [2.75, 3.05) is 13.2 Å². The molecule has 5 nitrogen and oxygen atoms in total. The van der Waals surface area contributed by atoms with E-state index in [4.69, 9.17) is 21.7 Å². The zero-order valence-corrected chi connectivity index (χ0v) is 19.7. The predicted molar refractivity (Wildman–Crippen MR) is 127 cm³/mol. The quantitative estimate of drug-likeness (QED) is 0.513. The van der Waals surface area contributed by atoms with Crippen LogP contribution in [-0.4, -0.2) is 29.8 Å². The normalized spacial score (nSPS) is 18.4. The monoisotopic (exact) mass is 488 g/mol. The van der Waals surface area contributed by atoms with Gasteiger partial charge in [0.25, 0.3) is 0 Å². The van der Waals surface area contributed by atoms with Crippen molar-refractivity contribution in [2.24, 2.45) is 10.9 Å². The van der Waals surface area contributed by atoms with Crippen LogP contribution in [-0.2, 0) is 4.79 Å². The molecule has 1 aliphatic rings. The summed E-state index contributed by atoms with van der Waals surface area (Å²) in [6, 6.07) is 13.1. The molecule has 7 heteroatoms. The molecular formula is C23H25BrN2O3S. The van der Waals surface area contributed by atoms with Crippen LogP contribution >= 0.6 is 28.1 Å². The fraction of sp³-hybridized carbons (Fsp3) is 0.348. The predicted octanol–water partition coefficient (Wildman–Crippen LogP) is 5.26. The number of aliphatic imine (C=N–C) groups is 1. The maximum Gasteiger partial charge on any atom is 0.193 e. The topological polar surface area (TPSA) is 59.9 Å². The minimum Gasteiger partial charge on any atom is -0.490 e. The van der Waals surface area contributed by atoms with Crippen LogP contribution < -0.4 is 14.8 Å². The molecule has 30 heavy (non-hydrogen) atoms. The summed E-state index contributed by atoms with van der Waals surface area (Å²) < 4.78 is 12.5. The number of halogens is 1. The standard InChI is InChI=1S/C23H25BrN2O3S/c1-4-11-29-19-13-17(24)16(12-18(19)28-5-2)22-20(14(3)27)21(25-23(30)26-22)15-9-7-6-8-10-15/h6-10,12-13,20,22H,4-5,11H2,1-3H3,(H,26,30). The van der Waals surface area contributed by atoms with E-state index in [0.717, 1.165) is 22.0 Å². The van der Waals surface area contributed by atoms with Gasteiger partial charge in [-0.15, -0.1) is 0 Å². The Bertz CT molecular complexity index is 962. The number of rotatable bonds is 8. The number of carbonyl (C=O) groups excluding carboxylic acids is 1. The van der Waals surface area contributed by atoms with Crippen molar-refractivity contribution < 1.29 is 14.3 Å². The van der Waals surface area contributed by atoms with E-state index in [0.29, 0.717) is 35.5 Å². The van der Waals surface area contributed by atoms with E-state index >= 15 is 0 Å². The largest absolute Gasteiger partial charge is 0.490 e. The molecule has 2 aromatic rings. The molecule has 2 aromatic carbocycles. The summed E-state index contributed by atoms with van der Waals surface area (Å²) in [7, 11) is 0. The highest BCUT2D eigenvalue weighted by atomic mass is 79.9. The van der Waals surface area contributed by atoms with Crippen LogP contribution in [0.1, 0.15) is 44.4 Å². The number of benzene rings is 2. The Labute approximate surface area is 191 Å². The van der Waals surface area contributed by atoms with Crippen LogP contribution in [0.5, 0.6) is 11.5 Å². The number of nitrogens with zero attached hydrogens (tertiary/aromatic N) is 1. The van der Waals surface area contributed by atoms with Crippen molar-refractivity contribution in [2.45, 2.75) is 33.2 Å². The zero-order chi connectivity index (χ0) is 21.7. The summed E-state index contributed by atoms with van der Waals surface area (Å²) >= 11 is 9.09. The minimum atomic E-state index is -0.493. The minimum absolute atomic E-state index is 0.00812. The highest BCUT2D eigenvalue weighted by Crippen LogP contribution is 2.40. The van der Waals surface area contributed by atoms with Crippen LogP contribution in [0.15, 0.2) is 51.9 Å². The zero-order valence-electron chi connectivity index (χ0n) is 17.3. The lowest BCUT2D eigenvalue weighted by atomic mass is 9.82. The summed E-state index contributed by atoms with van der Waals surface area (Å²) in [5.74, 6) is 0.827. The summed E-state index contributed by atoms with van der Waals surface area (Å²) in [6.45, 7) is 6.67. The van der Waals surface area contributed by atoms with Crippen molar-refractivity contribution in [3.63, 3.8) is 0 Å².